The van der Waals surface area contributed by atoms with E-state index in [0.717, 1.165) is 5.69 Å². The molecule has 2 heterocycles. The second kappa shape index (κ2) is 3.32. The lowest BCUT2D eigenvalue weighted by Crippen LogP contribution is -2.34. The zero-order valence-electron chi connectivity index (χ0n) is 10.4. The summed E-state index contributed by atoms with van der Waals surface area (Å²) in [5, 5.41) is 4.38. The molecule has 1 aliphatic rings. The Labute approximate surface area is 96.6 Å². The second-order valence-electron chi connectivity index (χ2n) is 5.69. The van der Waals surface area contributed by atoms with Crippen molar-refractivity contribution in [2.45, 2.75) is 38.6 Å². The van der Waals surface area contributed by atoms with Crippen LogP contribution in [0.1, 0.15) is 39.0 Å². The predicted octanol–water partition coefficient (Wildman–Crippen LogP) is 2.36. The van der Waals surface area contributed by atoms with Crippen LogP contribution in [0.15, 0.2) is 23.4 Å². The number of nitrogens with two attached hydrogens (primary N) is 1. The van der Waals surface area contributed by atoms with Crippen LogP contribution in [0.4, 0.5) is 0 Å². The molecule has 1 atom stereocenters. The van der Waals surface area contributed by atoms with Gasteiger partial charge in [-0.05, 0) is 30.0 Å². The summed E-state index contributed by atoms with van der Waals surface area (Å²) in [7, 11) is 0. The zero-order chi connectivity index (χ0) is 12.0. The number of rotatable bonds is 0. The van der Waals surface area contributed by atoms with Crippen molar-refractivity contribution < 1.29 is 0 Å². The number of hydrogen-bond acceptors (Lipinski definition) is 2. The molecule has 0 aliphatic carbocycles. The van der Waals surface area contributed by atoms with Gasteiger partial charge in [0.05, 0.1) is 11.2 Å². The molecule has 86 valence electrons. The maximum atomic E-state index is 5.99. The predicted molar refractivity (Wildman–Crippen MR) is 68.6 cm³/mol. The molecular formula is C13H19N3. The minimum atomic E-state index is -0.457. The van der Waals surface area contributed by atoms with Gasteiger partial charge in [0.1, 0.15) is 0 Å². The van der Waals surface area contributed by atoms with Crippen molar-refractivity contribution in [1.82, 2.24) is 4.68 Å². The van der Waals surface area contributed by atoms with E-state index in [2.05, 4.69) is 38.1 Å². The molecule has 0 saturated carbocycles. The van der Waals surface area contributed by atoms with Gasteiger partial charge in [0.25, 0.3) is 0 Å². The molecule has 1 unspecified atom stereocenters. The fraction of sp³-hybridized carbons (Fsp3) is 0.462. The van der Waals surface area contributed by atoms with E-state index < -0.39 is 5.54 Å². The molecule has 2 rings (SSSR count). The fourth-order valence-electron chi connectivity index (χ4n) is 1.60. The highest BCUT2D eigenvalue weighted by Gasteiger charge is 2.19. The Balaban J connectivity index is 2.45. The first-order valence-corrected chi connectivity index (χ1v) is 5.54. The van der Waals surface area contributed by atoms with Gasteiger partial charge in [-0.2, -0.15) is 5.10 Å². The van der Waals surface area contributed by atoms with E-state index >= 15 is 0 Å². The lowest BCUT2D eigenvalue weighted by atomic mass is 9.89. The average Bonchev–Trinajstić information content (AvgIpc) is 2.49. The molecule has 2 N–H and O–H groups in total. The van der Waals surface area contributed by atoms with Crippen molar-refractivity contribution in [3.63, 3.8) is 0 Å². The van der Waals surface area contributed by atoms with Gasteiger partial charge >= 0.3 is 0 Å². The minimum Gasteiger partial charge on any atom is -0.318 e. The monoisotopic (exact) mass is 217 g/mol. The minimum absolute atomic E-state index is 0.147. The standard InChI is InChI=1S/C13H19N3/c1-12(2,3)10-7-11-5-6-13(4,14)9-15-16(11)8-10/h5-9H,14H2,1-4H3. The Kier molecular flexibility index (Phi) is 2.31. The van der Waals surface area contributed by atoms with E-state index in [-0.39, 0.29) is 5.41 Å². The molecule has 0 radical (unpaired) electrons. The first-order chi connectivity index (χ1) is 7.28. The summed E-state index contributed by atoms with van der Waals surface area (Å²) >= 11 is 0. The average molecular weight is 217 g/mol. The van der Waals surface area contributed by atoms with E-state index in [1.54, 1.807) is 6.21 Å². The first-order valence-electron chi connectivity index (χ1n) is 5.54. The smallest absolute Gasteiger partial charge is 0.0692 e. The highest BCUT2D eigenvalue weighted by molar-refractivity contribution is 5.76. The molecule has 1 aliphatic heterocycles. The van der Waals surface area contributed by atoms with Gasteiger partial charge in [-0.1, -0.05) is 26.8 Å². The van der Waals surface area contributed by atoms with Crippen LogP contribution in [-0.4, -0.2) is 16.4 Å². The quantitative estimate of drug-likeness (QED) is 0.712. The van der Waals surface area contributed by atoms with Gasteiger partial charge in [-0.15, -0.1) is 0 Å². The van der Waals surface area contributed by atoms with Crippen LogP contribution in [0.2, 0.25) is 0 Å². The van der Waals surface area contributed by atoms with E-state index in [4.69, 9.17) is 5.73 Å². The van der Waals surface area contributed by atoms with E-state index in [1.807, 2.05) is 23.8 Å². The van der Waals surface area contributed by atoms with Gasteiger partial charge in [0.2, 0.25) is 0 Å². The third-order valence-electron chi connectivity index (χ3n) is 2.77. The van der Waals surface area contributed by atoms with Crippen LogP contribution < -0.4 is 5.73 Å². The Morgan fingerprint density at radius 1 is 1.38 bits per heavy atom. The normalized spacial score (nSPS) is 24.3. The lowest BCUT2D eigenvalue weighted by Gasteiger charge is -2.16. The molecule has 1 aromatic rings. The molecule has 0 bridgehead atoms. The van der Waals surface area contributed by atoms with Crippen LogP contribution in [-0.2, 0) is 5.41 Å². The molecular weight excluding hydrogens is 198 g/mol. The fourth-order valence-corrected chi connectivity index (χ4v) is 1.60. The molecule has 3 heteroatoms. The highest BCUT2D eigenvalue weighted by atomic mass is 15.3. The zero-order valence-corrected chi connectivity index (χ0v) is 10.4. The lowest BCUT2D eigenvalue weighted by molar-refractivity contribution is 0.589. The van der Waals surface area contributed by atoms with Crippen molar-refractivity contribution >= 4 is 12.3 Å². The largest absolute Gasteiger partial charge is 0.318 e. The second-order valence-corrected chi connectivity index (χ2v) is 5.69. The molecule has 0 aromatic carbocycles. The van der Waals surface area contributed by atoms with E-state index in [9.17, 15) is 0 Å². The number of aromatic nitrogens is 1. The maximum absolute atomic E-state index is 5.99. The Morgan fingerprint density at radius 2 is 2.06 bits per heavy atom. The van der Waals surface area contributed by atoms with Crippen molar-refractivity contribution in [1.29, 1.82) is 0 Å². The molecule has 1 aromatic heterocycles. The number of fused-ring (bicyclic) bond motifs is 1. The molecule has 0 spiro atoms. The van der Waals surface area contributed by atoms with Crippen molar-refractivity contribution in [3.8, 4) is 0 Å². The first kappa shape index (κ1) is 11.1. The Morgan fingerprint density at radius 3 is 2.69 bits per heavy atom. The Hall–Kier alpha value is -1.35. The number of nitrogens with zero attached hydrogens (tertiary/aromatic N) is 2. The molecule has 16 heavy (non-hydrogen) atoms. The van der Waals surface area contributed by atoms with Gasteiger partial charge in [-0.25, -0.2) is 4.68 Å². The summed E-state index contributed by atoms with van der Waals surface area (Å²) in [6.45, 7) is 8.53. The summed E-state index contributed by atoms with van der Waals surface area (Å²) in [6, 6.07) is 2.16. The van der Waals surface area contributed by atoms with Crippen molar-refractivity contribution in [2.75, 3.05) is 0 Å². The maximum Gasteiger partial charge on any atom is 0.0692 e. The molecule has 0 saturated heterocycles. The number of hydrogen-bond donors (Lipinski definition) is 1. The Bertz CT molecular complexity index is 423. The SMILES string of the molecule is CC1(N)C=Cc2cc(C(C)(C)C)cn2N=C1. The molecule has 0 fully saturated rings. The van der Waals surface area contributed by atoms with Gasteiger partial charge in [0.15, 0.2) is 0 Å². The van der Waals surface area contributed by atoms with Crippen LogP contribution in [0.5, 0.6) is 0 Å². The summed E-state index contributed by atoms with van der Waals surface area (Å²) in [4.78, 5) is 0. The summed E-state index contributed by atoms with van der Waals surface area (Å²) in [5.41, 5.74) is 8.04. The van der Waals surface area contributed by atoms with Gasteiger partial charge in [-0.3, -0.25) is 0 Å². The van der Waals surface area contributed by atoms with Gasteiger partial charge < -0.3 is 5.73 Å². The van der Waals surface area contributed by atoms with Crippen LogP contribution in [0, 0.1) is 0 Å². The summed E-state index contributed by atoms with van der Waals surface area (Å²) < 4.78 is 1.88. The van der Waals surface area contributed by atoms with Crippen molar-refractivity contribution in [2.24, 2.45) is 10.8 Å². The molecule has 0 amide bonds. The third-order valence-corrected chi connectivity index (χ3v) is 2.77. The molecule has 3 nitrogen and oxygen atoms in total. The topological polar surface area (TPSA) is 43.3 Å². The van der Waals surface area contributed by atoms with Crippen LogP contribution in [0.25, 0.3) is 6.08 Å². The van der Waals surface area contributed by atoms with E-state index in [1.165, 1.54) is 5.56 Å². The summed E-state index contributed by atoms with van der Waals surface area (Å²) in [5.74, 6) is 0. The third kappa shape index (κ3) is 2.09. The van der Waals surface area contributed by atoms with Crippen molar-refractivity contribution in [3.05, 3.63) is 29.6 Å². The summed E-state index contributed by atoms with van der Waals surface area (Å²) in [6.07, 6.45) is 7.84. The van der Waals surface area contributed by atoms with E-state index in [0.29, 0.717) is 0 Å². The van der Waals surface area contributed by atoms with Gasteiger partial charge in [0, 0.05) is 12.4 Å². The van der Waals surface area contributed by atoms with Crippen LogP contribution in [0.3, 0.4) is 0 Å². The van der Waals surface area contributed by atoms with Crippen LogP contribution >= 0.6 is 0 Å². The highest BCUT2D eigenvalue weighted by Crippen LogP contribution is 2.26.